The number of halogens is 4. The summed E-state index contributed by atoms with van der Waals surface area (Å²) in [5, 5.41) is 0. The van der Waals surface area contributed by atoms with E-state index in [9.17, 15) is 17.6 Å². The van der Waals surface area contributed by atoms with Gasteiger partial charge in [-0.2, -0.15) is 13.2 Å². The van der Waals surface area contributed by atoms with Crippen LogP contribution in [0, 0.1) is 11.7 Å². The zero-order valence-electron chi connectivity index (χ0n) is 10.1. The van der Waals surface area contributed by atoms with E-state index >= 15 is 0 Å². The minimum absolute atomic E-state index is 0.0411. The van der Waals surface area contributed by atoms with Crippen molar-refractivity contribution in [2.24, 2.45) is 5.92 Å². The van der Waals surface area contributed by atoms with Crippen LogP contribution in [-0.4, -0.2) is 6.61 Å². The predicted octanol–water partition coefficient (Wildman–Crippen LogP) is 4.11. The lowest BCUT2D eigenvalue weighted by atomic mass is 9.84. The second-order valence-electron chi connectivity index (χ2n) is 4.89. The fourth-order valence-electron chi connectivity index (χ4n) is 2.28. The first kappa shape index (κ1) is 13.3. The lowest BCUT2D eigenvalue weighted by molar-refractivity contribution is -0.137. The van der Waals surface area contributed by atoms with Crippen LogP contribution in [0.25, 0.3) is 0 Å². The molecular weight excluding hydrogens is 248 g/mol. The lowest BCUT2D eigenvalue weighted by Crippen LogP contribution is -2.23. The minimum Gasteiger partial charge on any atom is -0.376 e. The van der Waals surface area contributed by atoms with Gasteiger partial charge in [0.2, 0.25) is 0 Å². The SMILES string of the molecule is CC(C)[C@H]1COCc2cc(C(F)(F)F)cc(F)c21. The molecule has 0 N–H and O–H groups in total. The van der Waals surface area contributed by atoms with E-state index < -0.39 is 17.6 Å². The van der Waals surface area contributed by atoms with Crippen molar-refractivity contribution in [1.29, 1.82) is 0 Å². The van der Waals surface area contributed by atoms with E-state index in [1.54, 1.807) is 0 Å². The van der Waals surface area contributed by atoms with Crippen LogP contribution in [0.15, 0.2) is 12.1 Å². The Hall–Kier alpha value is -1.10. The quantitative estimate of drug-likeness (QED) is 0.692. The van der Waals surface area contributed by atoms with Crippen LogP contribution in [0.2, 0.25) is 0 Å². The highest BCUT2D eigenvalue weighted by molar-refractivity contribution is 5.38. The Morgan fingerprint density at radius 2 is 1.94 bits per heavy atom. The van der Waals surface area contributed by atoms with E-state index in [4.69, 9.17) is 4.74 Å². The molecule has 0 unspecified atom stereocenters. The first-order valence-corrected chi connectivity index (χ1v) is 5.78. The van der Waals surface area contributed by atoms with Crippen LogP contribution >= 0.6 is 0 Å². The number of alkyl halides is 3. The van der Waals surface area contributed by atoms with Crippen molar-refractivity contribution in [3.8, 4) is 0 Å². The predicted molar refractivity (Wildman–Crippen MR) is 58.6 cm³/mol. The molecule has 0 spiro atoms. The first-order chi connectivity index (χ1) is 8.30. The van der Waals surface area contributed by atoms with E-state index in [1.165, 1.54) is 0 Å². The van der Waals surface area contributed by atoms with Crippen LogP contribution in [0.4, 0.5) is 17.6 Å². The molecule has 18 heavy (non-hydrogen) atoms. The zero-order valence-corrected chi connectivity index (χ0v) is 10.1. The van der Waals surface area contributed by atoms with Crippen molar-refractivity contribution in [3.63, 3.8) is 0 Å². The third-order valence-corrected chi connectivity index (χ3v) is 3.27. The third kappa shape index (κ3) is 2.36. The maximum atomic E-state index is 13.9. The standard InChI is InChI=1S/C13H14F4O/c1-7(2)10-6-18-5-8-3-9(13(15,16)17)4-11(14)12(8)10/h3-4,7,10H,5-6H2,1-2H3/t10-/m1/s1. The lowest BCUT2D eigenvalue weighted by Gasteiger charge is -2.29. The molecule has 100 valence electrons. The molecule has 0 aromatic heterocycles. The van der Waals surface area contributed by atoms with Gasteiger partial charge in [-0.05, 0) is 29.2 Å². The highest BCUT2D eigenvalue weighted by atomic mass is 19.4. The number of fused-ring (bicyclic) bond motifs is 1. The van der Waals surface area contributed by atoms with Crippen molar-refractivity contribution in [3.05, 3.63) is 34.6 Å². The largest absolute Gasteiger partial charge is 0.416 e. The summed E-state index contributed by atoms with van der Waals surface area (Å²) in [5.41, 5.74) is -0.261. The number of hydrogen-bond donors (Lipinski definition) is 0. The number of ether oxygens (including phenoxy) is 1. The second kappa shape index (κ2) is 4.53. The molecule has 1 aliphatic heterocycles. The molecule has 2 rings (SSSR count). The highest BCUT2D eigenvalue weighted by Gasteiger charge is 2.35. The molecule has 5 heteroatoms. The Morgan fingerprint density at radius 1 is 1.28 bits per heavy atom. The maximum absolute atomic E-state index is 13.9. The van der Waals surface area contributed by atoms with Gasteiger partial charge in [0.05, 0.1) is 18.8 Å². The Labute approximate surface area is 103 Å². The minimum atomic E-state index is -4.53. The van der Waals surface area contributed by atoms with Crippen LogP contribution in [0.5, 0.6) is 0 Å². The summed E-state index contributed by atoms with van der Waals surface area (Å²) in [6, 6.07) is 1.58. The van der Waals surface area contributed by atoms with Gasteiger partial charge in [0, 0.05) is 5.92 Å². The van der Waals surface area contributed by atoms with Gasteiger partial charge in [-0.1, -0.05) is 13.8 Å². The van der Waals surface area contributed by atoms with Gasteiger partial charge in [0.25, 0.3) is 0 Å². The molecule has 1 heterocycles. The Morgan fingerprint density at radius 3 is 2.50 bits per heavy atom. The van der Waals surface area contributed by atoms with Crippen LogP contribution in [0.1, 0.15) is 36.5 Å². The van der Waals surface area contributed by atoms with E-state index in [0.29, 0.717) is 23.8 Å². The summed E-state index contributed by atoms with van der Waals surface area (Å²) in [7, 11) is 0. The molecular formula is C13H14F4O. The third-order valence-electron chi connectivity index (χ3n) is 3.27. The molecule has 1 nitrogen and oxygen atoms in total. The maximum Gasteiger partial charge on any atom is 0.416 e. The van der Waals surface area contributed by atoms with E-state index in [2.05, 4.69) is 0 Å². The summed E-state index contributed by atoms with van der Waals surface area (Å²) in [4.78, 5) is 0. The normalized spacial score (nSPS) is 20.1. The highest BCUT2D eigenvalue weighted by Crippen LogP contribution is 2.38. The van der Waals surface area contributed by atoms with E-state index in [1.807, 2.05) is 13.8 Å². The zero-order chi connectivity index (χ0) is 13.5. The van der Waals surface area contributed by atoms with Crippen molar-refractivity contribution in [2.45, 2.75) is 32.5 Å². The Balaban J connectivity index is 2.52. The summed E-state index contributed by atoms with van der Waals surface area (Å²) in [5.74, 6) is -0.840. The average molecular weight is 262 g/mol. The van der Waals surface area contributed by atoms with Crippen molar-refractivity contribution in [2.75, 3.05) is 6.61 Å². The summed E-state index contributed by atoms with van der Waals surface area (Å²) in [6.07, 6.45) is -4.53. The Bertz CT molecular complexity index is 451. The fourth-order valence-corrected chi connectivity index (χ4v) is 2.28. The molecule has 0 saturated heterocycles. The molecule has 0 fully saturated rings. The average Bonchev–Trinajstić information content (AvgIpc) is 2.26. The van der Waals surface area contributed by atoms with Gasteiger partial charge >= 0.3 is 6.18 Å². The van der Waals surface area contributed by atoms with Gasteiger partial charge < -0.3 is 4.74 Å². The first-order valence-electron chi connectivity index (χ1n) is 5.78. The molecule has 0 amide bonds. The van der Waals surface area contributed by atoms with Crippen molar-refractivity contribution in [1.82, 2.24) is 0 Å². The number of hydrogen-bond acceptors (Lipinski definition) is 1. The number of rotatable bonds is 1. The smallest absolute Gasteiger partial charge is 0.376 e. The van der Waals surface area contributed by atoms with Crippen LogP contribution in [-0.2, 0) is 17.5 Å². The monoisotopic (exact) mass is 262 g/mol. The summed E-state index contributed by atoms with van der Waals surface area (Å²) in [6.45, 7) is 4.20. The molecule has 0 saturated carbocycles. The molecule has 1 aromatic carbocycles. The number of benzene rings is 1. The van der Waals surface area contributed by atoms with Crippen molar-refractivity contribution >= 4 is 0 Å². The van der Waals surface area contributed by atoms with Gasteiger partial charge in [0.15, 0.2) is 0 Å². The van der Waals surface area contributed by atoms with Gasteiger partial charge in [-0.15, -0.1) is 0 Å². The van der Waals surface area contributed by atoms with Crippen LogP contribution < -0.4 is 0 Å². The molecule has 0 bridgehead atoms. The van der Waals surface area contributed by atoms with E-state index in [-0.39, 0.29) is 18.4 Å². The fraction of sp³-hybridized carbons (Fsp3) is 0.538. The Kier molecular flexibility index (Phi) is 3.36. The van der Waals surface area contributed by atoms with Crippen LogP contribution in [0.3, 0.4) is 0 Å². The topological polar surface area (TPSA) is 9.23 Å². The van der Waals surface area contributed by atoms with E-state index in [0.717, 1.165) is 6.07 Å². The molecule has 1 aliphatic rings. The molecule has 0 aliphatic carbocycles. The summed E-state index contributed by atoms with van der Waals surface area (Å²) < 4.78 is 56.9. The summed E-state index contributed by atoms with van der Waals surface area (Å²) >= 11 is 0. The van der Waals surface area contributed by atoms with Gasteiger partial charge in [0.1, 0.15) is 5.82 Å². The second-order valence-corrected chi connectivity index (χ2v) is 4.89. The molecule has 1 aromatic rings. The van der Waals surface area contributed by atoms with Gasteiger partial charge in [-0.3, -0.25) is 0 Å². The van der Waals surface area contributed by atoms with Gasteiger partial charge in [-0.25, -0.2) is 4.39 Å². The molecule has 1 atom stereocenters. The van der Waals surface area contributed by atoms with Crippen molar-refractivity contribution < 1.29 is 22.3 Å². The molecule has 0 radical (unpaired) electrons.